The summed E-state index contributed by atoms with van der Waals surface area (Å²) in [5.41, 5.74) is 5.05. The van der Waals surface area contributed by atoms with Crippen molar-refractivity contribution in [1.82, 2.24) is 4.90 Å². The van der Waals surface area contributed by atoms with Gasteiger partial charge in [-0.05, 0) is 68.4 Å². The van der Waals surface area contributed by atoms with E-state index >= 15 is 0 Å². The van der Waals surface area contributed by atoms with Gasteiger partial charge in [0.15, 0.2) is 0 Å². The van der Waals surface area contributed by atoms with Crippen LogP contribution in [0.15, 0.2) is 42.1 Å². The van der Waals surface area contributed by atoms with Crippen molar-refractivity contribution in [3.05, 3.63) is 64.3 Å². The SMILES string of the molecule is COc1ccc(C)cc1N1C(=O)C(c2ccc(C)cc2C)=C(N2CCCC(CO)C2)C1=O. The summed E-state index contributed by atoms with van der Waals surface area (Å²) in [6.07, 6.45) is 1.78. The topological polar surface area (TPSA) is 70.1 Å². The Morgan fingerprint density at radius 2 is 1.75 bits per heavy atom. The summed E-state index contributed by atoms with van der Waals surface area (Å²) in [4.78, 5) is 30.9. The first-order valence-electron chi connectivity index (χ1n) is 11.1. The van der Waals surface area contributed by atoms with Crippen molar-refractivity contribution in [2.45, 2.75) is 33.6 Å². The van der Waals surface area contributed by atoms with Gasteiger partial charge in [-0.2, -0.15) is 0 Å². The molecule has 0 aromatic heterocycles. The maximum atomic E-state index is 13.9. The number of rotatable bonds is 5. The molecule has 6 nitrogen and oxygen atoms in total. The van der Waals surface area contributed by atoms with Gasteiger partial charge in [0.2, 0.25) is 0 Å². The molecule has 2 amide bonds. The zero-order valence-electron chi connectivity index (χ0n) is 19.1. The molecule has 1 atom stereocenters. The molecule has 0 saturated carbocycles. The molecule has 2 aliphatic heterocycles. The van der Waals surface area contributed by atoms with Crippen molar-refractivity contribution < 1.29 is 19.4 Å². The lowest BCUT2D eigenvalue weighted by Gasteiger charge is -2.34. The van der Waals surface area contributed by atoms with Crippen molar-refractivity contribution in [3.8, 4) is 5.75 Å². The van der Waals surface area contributed by atoms with E-state index < -0.39 is 0 Å². The number of anilines is 1. The highest BCUT2D eigenvalue weighted by atomic mass is 16.5. The maximum absolute atomic E-state index is 13.9. The van der Waals surface area contributed by atoms with Gasteiger partial charge in [0.1, 0.15) is 11.4 Å². The number of carbonyl (C=O) groups is 2. The molecule has 0 bridgehead atoms. The fourth-order valence-corrected chi connectivity index (χ4v) is 4.76. The van der Waals surface area contributed by atoms with Crippen molar-refractivity contribution in [3.63, 3.8) is 0 Å². The van der Waals surface area contributed by atoms with E-state index in [9.17, 15) is 14.7 Å². The van der Waals surface area contributed by atoms with Gasteiger partial charge < -0.3 is 14.7 Å². The van der Waals surface area contributed by atoms with Crippen LogP contribution in [0.2, 0.25) is 0 Å². The van der Waals surface area contributed by atoms with Gasteiger partial charge in [0.05, 0.1) is 18.4 Å². The zero-order valence-corrected chi connectivity index (χ0v) is 19.1. The van der Waals surface area contributed by atoms with Crippen LogP contribution in [-0.4, -0.2) is 48.6 Å². The third-order valence-electron chi connectivity index (χ3n) is 6.38. The smallest absolute Gasteiger partial charge is 0.282 e. The number of carbonyl (C=O) groups excluding carboxylic acids is 2. The minimum Gasteiger partial charge on any atom is -0.495 e. The van der Waals surface area contributed by atoms with E-state index in [1.165, 1.54) is 12.0 Å². The normalized spacial score (nSPS) is 19.2. The average molecular weight is 435 g/mol. The Kier molecular flexibility index (Phi) is 6.07. The van der Waals surface area contributed by atoms with E-state index in [4.69, 9.17) is 4.74 Å². The van der Waals surface area contributed by atoms with Gasteiger partial charge in [0, 0.05) is 19.7 Å². The van der Waals surface area contributed by atoms with Gasteiger partial charge in [-0.25, -0.2) is 4.90 Å². The second kappa shape index (κ2) is 8.79. The number of nitrogens with zero attached hydrogens (tertiary/aromatic N) is 2. The van der Waals surface area contributed by atoms with Crippen LogP contribution in [0.25, 0.3) is 5.57 Å². The number of ether oxygens (including phenoxy) is 1. The van der Waals surface area contributed by atoms with E-state index in [2.05, 4.69) is 0 Å². The predicted octanol–water partition coefficient (Wildman–Crippen LogP) is 3.61. The van der Waals surface area contributed by atoms with Gasteiger partial charge in [0.25, 0.3) is 11.8 Å². The van der Waals surface area contributed by atoms with Crippen LogP contribution in [0.3, 0.4) is 0 Å². The van der Waals surface area contributed by atoms with Crippen LogP contribution in [0.4, 0.5) is 5.69 Å². The largest absolute Gasteiger partial charge is 0.495 e. The Bertz CT molecular complexity index is 1110. The second-order valence-electron chi connectivity index (χ2n) is 8.80. The van der Waals surface area contributed by atoms with Crippen LogP contribution in [0.1, 0.15) is 35.1 Å². The fourth-order valence-electron chi connectivity index (χ4n) is 4.76. The van der Waals surface area contributed by atoms with E-state index in [1.807, 2.05) is 56.0 Å². The highest BCUT2D eigenvalue weighted by Crippen LogP contribution is 2.40. The van der Waals surface area contributed by atoms with Crippen molar-refractivity contribution >= 4 is 23.1 Å². The van der Waals surface area contributed by atoms with E-state index in [-0.39, 0.29) is 24.3 Å². The summed E-state index contributed by atoms with van der Waals surface area (Å²) < 4.78 is 5.49. The minimum atomic E-state index is -0.341. The van der Waals surface area contributed by atoms with Gasteiger partial charge in [-0.1, -0.05) is 29.8 Å². The third kappa shape index (κ3) is 3.79. The highest BCUT2D eigenvalue weighted by Gasteiger charge is 2.44. The Labute approximate surface area is 189 Å². The number of imide groups is 1. The molecule has 1 N–H and O–H groups in total. The number of aliphatic hydroxyl groups excluding tert-OH is 1. The number of piperidine rings is 1. The molecule has 1 unspecified atom stereocenters. The molecule has 1 saturated heterocycles. The molecule has 0 radical (unpaired) electrons. The van der Waals surface area contributed by atoms with Gasteiger partial charge in [-0.3, -0.25) is 9.59 Å². The van der Waals surface area contributed by atoms with Crippen LogP contribution in [-0.2, 0) is 9.59 Å². The quantitative estimate of drug-likeness (QED) is 0.728. The van der Waals surface area contributed by atoms with Crippen LogP contribution in [0, 0.1) is 26.7 Å². The molecule has 4 rings (SSSR count). The third-order valence-corrected chi connectivity index (χ3v) is 6.38. The lowest BCUT2D eigenvalue weighted by Crippen LogP contribution is -2.40. The Morgan fingerprint density at radius 1 is 1.03 bits per heavy atom. The standard InChI is InChI=1S/C26H30N2O4/c1-16-7-9-20(18(3)12-16)23-24(27-11-5-6-19(14-27)15-29)26(31)28(25(23)30)21-13-17(2)8-10-22(21)32-4/h7-10,12-13,19,29H,5-6,11,14-15H2,1-4H3. The molecule has 32 heavy (non-hydrogen) atoms. The monoisotopic (exact) mass is 434 g/mol. The first-order valence-corrected chi connectivity index (χ1v) is 11.1. The zero-order chi connectivity index (χ0) is 23.0. The second-order valence-corrected chi connectivity index (χ2v) is 8.80. The van der Waals surface area contributed by atoms with Crippen LogP contribution < -0.4 is 9.64 Å². The molecule has 2 heterocycles. The highest BCUT2D eigenvalue weighted by molar-refractivity contribution is 6.45. The number of aryl methyl sites for hydroxylation is 3. The molecular weight excluding hydrogens is 404 g/mol. The average Bonchev–Trinajstić information content (AvgIpc) is 3.03. The molecular formula is C26H30N2O4. The predicted molar refractivity (Wildman–Crippen MR) is 124 cm³/mol. The minimum absolute atomic E-state index is 0.0697. The summed E-state index contributed by atoms with van der Waals surface area (Å²) in [5.74, 6) is -0.119. The molecule has 0 aliphatic carbocycles. The summed E-state index contributed by atoms with van der Waals surface area (Å²) in [7, 11) is 1.54. The van der Waals surface area contributed by atoms with E-state index in [1.54, 1.807) is 6.07 Å². The number of amides is 2. The molecule has 1 fully saturated rings. The summed E-state index contributed by atoms with van der Waals surface area (Å²) in [5, 5.41) is 9.73. The maximum Gasteiger partial charge on any atom is 0.282 e. The fraction of sp³-hybridized carbons (Fsp3) is 0.385. The number of hydrogen-bond acceptors (Lipinski definition) is 5. The number of hydrogen-bond donors (Lipinski definition) is 1. The number of likely N-dealkylation sites (tertiary alicyclic amines) is 1. The molecule has 2 aromatic rings. The number of benzene rings is 2. The molecule has 168 valence electrons. The molecule has 2 aromatic carbocycles. The van der Waals surface area contributed by atoms with E-state index in [0.29, 0.717) is 35.8 Å². The molecule has 0 spiro atoms. The molecule has 6 heteroatoms. The number of methoxy groups -OCH3 is 1. The Morgan fingerprint density at radius 3 is 2.44 bits per heavy atom. The Hall–Kier alpha value is -3.12. The molecule has 2 aliphatic rings. The van der Waals surface area contributed by atoms with E-state index in [0.717, 1.165) is 35.1 Å². The first kappa shape index (κ1) is 22.1. The number of aliphatic hydroxyl groups is 1. The van der Waals surface area contributed by atoms with Crippen LogP contribution in [0.5, 0.6) is 5.75 Å². The van der Waals surface area contributed by atoms with Crippen molar-refractivity contribution in [2.75, 3.05) is 31.7 Å². The Balaban J connectivity index is 1.88. The first-order chi connectivity index (χ1) is 15.3. The summed E-state index contributed by atoms with van der Waals surface area (Å²) in [6, 6.07) is 11.4. The van der Waals surface area contributed by atoms with Crippen molar-refractivity contribution in [2.24, 2.45) is 5.92 Å². The lowest BCUT2D eigenvalue weighted by molar-refractivity contribution is -0.120. The summed E-state index contributed by atoms with van der Waals surface area (Å²) >= 11 is 0. The van der Waals surface area contributed by atoms with Gasteiger partial charge >= 0.3 is 0 Å². The lowest BCUT2D eigenvalue weighted by atomic mass is 9.95. The summed E-state index contributed by atoms with van der Waals surface area (Å²) in [6.45, 7) is 7.20. The van der Waals surface area contributed by atoms with Crippen LogP contribution >= 0.6 is 0 Å². The van der Waals surface area contributed by atoms with Crippen molar-refractivity contribution in [1.29, 1.82) is 0 Å². The van der Waals surface area contributed by atoms with Gasteiger partial charge in [-0.15, -0.1) is 0 Å².